The third-order valence-electron chi connectivity index (χ3n) is 6.20. The van der Waals surface area contributed by atoms with Gasteiger partial charge in [-0.1, -0.05) is 36.2 Å². The fourth-order valence-electron chi connectivity index (χ4n) is 3.93. The van der Waals surface area contributed by atoms with Gasteiger partial charge in [-0.2, -0.15) is 8.78 Å². The Morgan fingerprint density at radius 1 is 1.09 bits per heavy atom. The van der Waals surface area contributed by atoms with Crippen molar-refractivity contribution in [3.8, 4) is 0 Å². The Balaban J connectivity index is 1.73. The summed E-state index contributed by atoms with van der Waals surface area (Å²) in [4.78, 5) is 29.0. The van der Waals surface area contributed by atoms with Crippen molar-refractivity contribution in [1.82, 2.24) is 4.90 Å². The number of hydrogen-bond acceptors (Lipinski definition) is 4. The van der Waals surface area contributed by atoms with Crippen LogP contribution in [0.1, 0.15) is 37.6 Å². The van der Waals surface area contributed by atoms with Crippen molar-refractivity contribution in [2.24, 2.45) is 0 Å². The standard InChI is InChI=1S/C24H26Cl2F2N2O3S/c1-4-24(27,28)22(31)14-34(33)21-9-8-17(12-20(21)26)23(32)30-11-10-29(15(2)16(30)3)19-7-5-6-18(25)13-19/h5-9,12-13,15-16H,4,10-11,14H2,1-3H3/t15?,16-,34?/m0/s1. The van der Waals surface area contributed by atoms with E-state index < -0.39 is 34.7 Å². The molecule has 1 aliphatic rings. The van der Waals surface area contributed by atoms with Gasteiger partial charge in [0, 0.05) is 47.9 Å². The molecule has 2 aromatic carbocycles. The Hall–Kier alpha value is -2.03. The summed E-state index contributed by atoms with van der Waals surface area (Å²) in [5.74, 6) is -6.01. The SMILES string of the molecule is CCC(F)(F)C(=O)CS(=O)c1ccc(C(=O)N2CCN(c3cccc(Cl)c3)C(C)[C@@H]2C)cc1Cl. The molecular weight excluding hydrogens is 505 g/mol. The fraction of sp³-hybridized carbons (Fsp3) is 0.417. The number of nitrogens with zero attached hydrogens (tertiary/aromatic N) is 2. The van der Waals surface area contributed by atoms with E-state index in [1.165, 1.54) is 25.1 Å². The lowest BCUT2D eigenvalue weighted by atomic mass is 10.0. The predicted molar refractivity (Wildman–Crippen MR) is 132 cm³/mol. The van der Waals surface area contributed by atoms with E-state index in [0.717, 1.165) is 5.69 Å². The Bertz CT molecular complexity index is 1120. The maximum atomic E-state index is 13.5. The molecule has 0 radical (unpaired) electrons. The van der Waals surface area contributed by atoms with Crippen LogP contribution in [-0.2, 0) is 15.6 Å². The summed E-state index contributed by atoms with van der Waals surface area (Å²) in [5.41, 5.74) is 1.28. The Kier molecular flexibility index (Phi) is 8.37. The van der Waals surface area contributed by atoms with Crippen LogP contribution in [0, 0.1) is 0 Å². The molecule has 1 heterocycles. The number of Topliss-reactive ketones (excluding diaryl/α,β-unsaturated/α-hetero) is 1. The van der Waals surface area contributed by atoms with Gasteiger partial charge in [0.2, 0.25) is 5.78 Å². The number of benzene rings is 2. The highest BCUT2D eigenvalue weighted by molar-refractivity contribution is 7.86. The number of carbonyl (C=O) groups is 2. The lowest BCUT2D eigenvalue weighted by Gasteiger charge is -2.46. The van der Waals surface area contributed by atoms with Crippen LogP contribution in [0.25, 0.3) is 0 Å². The van der Waals surface area contributed by atoms with Crippen molar-refractivity contribution >= 4 is 51.4 Å². The monoisotopic (exact) mass is 530 g/mol. The van der Waals surface area contributed by atoms with E-state index in [1.807, 2.05) is 38.1 Å². The number of alkyl halides is 2. The molecule has 3 rings (SSSR count). The number of ketones is 1. The minimum Gasteiger partial charge on any atom is -0.365 e. The van der Waals surface area contributed by atoms with Gasteiger partial charge in [-0.05, 0) is 50.2 Å². The van der Waals surface area contributed by atoms with Gasteiger partial charge >= 0.3 is 5.92 Å². The van der Waals surface area contributed by atoms with Gasteiger partial charge in [0.05, 0.1) is 26.5 Å². The molecule has 0 saturated carbocycles. The van der Waals surface area contributed by atoms with Gasteiger partial charge in [0.1, 0.15) is 0 Å². The zero-order chi connectivity index (χ0) is 25.2. The van der Waals surface area contributed by atoms with Crippen LogP contribution in [0.5, 0.6) is 0 Å². The largest absolute Gasteiger partial charge is 0.365 e. The van der Waals surface area contributed by atoms with Crippen LogP contribution in [0.15, 0.2) is 47.4 Å². The molecular formula is C24H26Cl2F2N2O3S. The maximum Gasteiger partial charge on any atom is 0.305 e. The third-order valence-corrected chi connectivity index (χ3v) is 8.23. The zero-order valence-electron chi connectivity index (χ0n) is 19.1. The molecule has 0 aromatic heterocycles. The summed E-state index contributed by atoms with van der Waals surface area (Å²) < 4.78 is 39.6. The van der Waals surface area contributed by atoms with Crippen LogP contribution in [0.4, 0.5) is 14.5 Å². The van der Waals surface area contributed by atoms with Crippen molar-refractivity contribution in [1.29, 1.82) is 0 Å². The van der Waals surface area contributed by atoms with E-state index in [-0.39, 0.29) is 27.9 Å². The van der Waals surface area contributed by atoms with E-state index >= 15 is 0 Å². The minimum atomic E-state index is -3.53. The Morgan fingerprint density at radius 3 is 2.41 bits per heavy atom. The molecule has 34 heavy (non-hydrogen) atoms. The number of anilines is 1. The predicted octanol–water partition coefficient (Wildman–Crippen LogP) is 5.45. The molecule has 1 saturated heterocycles. The maximum absolute atomic E-state index is 13.5. The first-order chi connectivity index (χ1) is 16.0. The number of amides is 1. The molecule has 2 aromatic rings. The topological polar surface area (TPSA) is 57.7 Å². The van der Waals surface area contributed by atoms with Gasteiger partial charge in [-0.15, -0.1) is 0 Å². The average Bonchev–Trinajstić information content (AvgIpc) is 2.80. The van der Waals surface area contributed by atoms with E-state index in [4.69, 9.17) is 23.2 Å². The first kappa shape index (κ1) is 26.6. The van der Waals surface area contributed by atoms with Crippen molar-refractivity contribution in [2.75, 3.05) is 23.7 Å². The second-order valence-corrected chi connectivity index (χ2v) is 10.5. The van der Waals surface area contributed by atoms with Gasteiger partial charge in [0.15, 0.2) is 0 Å². The van der Waals surface area contributed by atoms with E-state index in [2.05, 4.69) is 4.90 Å². The summed E-state index contributed by atoms with van der Waals surface area (Å²) in [6.45, 7) is 6.27. The molecule has 2 unspecified atom stereocenters. The summed E-state index contributed by atoms with van der Waals surface area (Å²) in [5, 5.41) is 0.637. The van der Waals surface area contributed by atoms with Crippen LogP contribution in [-0.4, -0.2) is 57.6 Å². The van der Waals surface area contributed by atoms with Crippen molar-refractivity contribution in [3.63, 3.8) is 0 Å². The van der Waals surface area contributed by atoms with E-state index in [9.17, 15) is 22.6 Å². The Labute approximate surface area is 210 Å². The molecule has 1 amide bonds. The lowest BCUT2D eigenvalue weighted by Crippen LogP contribution is -2.59. The number of hydrogen-bond donors (Lipinski definition) is 0. The van der Waals surface area contributed by atoms with Gasteiger partial charge in [-0.3, -0.25) is 13.8 Å². The van der Waals surface area contributed by atoms with Gasteiger partial charge in [0.25, 0.3) is 5.91 Å². The third kappa shape index (κ3) is 5.61. The van der Waals surface area contributed by atoms with Crippen LogP contribution in [0.3, 0.4) is 0 Å². The highest BCUT2D eigenvalue weighted by Gasteiger charge is 2.37. The molecule has 0 aliphatic carbocycles. The van der Waals surface area contributed by atoms with Crippen molar-refractivity contribution < 1.29 is 22.6 Å². The summed E-state index contributed by atoms with van der Waals surface area (Å²) >= 11 is 12.4. The smallest absolute Gasteiger partial charge is 0.305 e. The zero-order valence-corrected chi connectivity index (χ0v) is 21.4. The van der Waals surface area contributed by atoms with E-state index in [0.29, 0.717) is 23.7 Å². The van der Waals surface area contributed by atoms with Gasteiger partial charge < -0.3 is 9.80 Å². The second-order valence-electron chi connectivity index (χ2n) is 8.27. The average molecular weight is 531 g/mol. The fourth-order valence-corrected chi connectivity index (χ4v) is 5.66. The molecule has 0 N–H and O–H groups in total. The number of piperazine rings is 1. The van der Waals surface area contributed by atoms with Crippen LogP contribution in [0.2, 0.25) is 10.0 Å². The normalized spacial score (nSPS) is 19.7. The molecule has 10 heteroatoms. The van der Waals surface area contributed by atoms with Gasteiger partial charge in [-0.25, -0.2) is 0 Å². The highest BCUT2D eigenvalue weighted by atomic mass is 35.5. The number of rotatable bonds is 7. The van der Waals surface area contributed by atoms with Crippen LogP contribution < -0.4 is 4.90 Å². The summed E-state index contributed by atoms with van der Waals surface area (Å²) in [7, 11) is -2.04. The molecule has 1 fully saturated rings. The highest BCUT2D eigenvalue weighted by Crippen LogP contribution is 2.29. The number of carbonyl (C=O) groups excluding carboxylic acids is 2. The molecule has 0 bridgehead atoms. The van der Waals surface area contributed by atoms with E-state index in [1.54, 1.807) is 4.90 Å². The molecule has 5 nitrogen and oxygen atoms in total. The molecule has 3 atom stereocenters. The first-order valence-corrected chi connectivity index (χ1v) is 13.0. The summed E-state index contributed by atoms with van der Waals surface area (Å²) in [6.07, 6.45) is -0.661. The molecule has 184 valence electrons. The Morgan fingerprint density at radius 2 is 1.79 bits per heavy atom. The number of halogens is 4. The van der Waals surface area contributed by atoms with Crippen molar-refractivity contribution in [2.45, 2.75) is 50.1 Å². The second kappa shape index (κ2) is 10.7. The van der Waals surface area contributed by atoms with Crippen molar-refractivity contribution in [3.05, 3.63) is 58.1 Å². The first-order valence-electron chi connectivity index (χ1n) is 10.9. The lowest BCUT2D eigenvalue weighted by molar-refractivity contribution is -0.140. The summed E-state index contributed by atoms with van der Waals surface area (Å²) in [6, 6.07) is 11.7. The minimum absolute atomic E-state index is 0.00457. The molecule has 1 aliphatic heterocycles. The quantitative estimate of drug-likeness (QED) is 0.477. The molecule has 0 spiro atoms. The van der Waals surface area contributed by atoms with Crippen LogP contribution >= 0.6 is 23.2 Å².